The van der Waals surface area contributed by atoms with E-state index in [9.17, 15) is 0 Å². The number of halogens is 1. The highest BCUT2D eigenvalue weighted by Gasteiger charge is 2.13. The van der Waals surface area contributed by atoms with Crippen molar-refractivity contribution in [3.8, 4) is 16.3 Å². The summed E-state index contributed by atoms with van der Waals surface area (Å²) in [5.74, 6) is 2.39. The number of benzene rings is 2. The van der Waals surface area contributed by atoms with Crippen LogP contribution in [0.2, 0.25) is 0 Å². The molecule has 2 aromatic heterocycles. The summed E-state index contributed by atoms with van der Waals surface area (Å²) in [5, 5.41) is 12.8. The largest absolute Gasteiger partial charge is 0.486 e. The number of hydrogen-bond donors (Lipinski definition) is 0. The zero-order chi connectivity index (χ0) is 20.9. The normalized spacial score (nSPS) is 11.0. The summed E-state index contributed by atoms with van der Waals surface area (Å²) < 4.78 is 8.98. The van der Waals surface area contributed by atoms with Crippen LogP contribution in [0.25, 0.3) is 10.6 Å². The molecule has 0 aliphatic carbocycles. The van der Waals surface area contributed by atoms with E-state index in [-0.39, 0.29) is 0 Å². The van der Waals surface area contributed by atoms with Crippen molar-refractivity contribution in [1.29, 1.82) is 0 Å². The molecule has 2 heterocycles. The first kappa shape index (κ1) is 21.1. The Morgan fingerprint density at radius 3 is 2.73 bits per heavy atom. The molecule has 0 unspecified atom stereocenters. The molecular weight excluding hydrogens is 480 g/mol. The Morgan fingerprint density at radius 2 is 1.97 bits per heavy atom. The van der Waals surface area contributed by atoms with Crippen LogP contribution in [0.5, 0.6) is 5.75 Å². The second-order valence-electron chi connectivity index (χ2n) is 6.69. The van der Waals surface area contributed by atoms with E-state index in [1.165, 1.54) is 11.1 Å². The average Bonchev–Trinajstić information content (AvgIpc) is 3.38. The fourth-order valence-electron chi connectivity index (χ4n) is 2.95. The van der Waals surface area contributed by atoms with Gasteiger partial charge in [-0.25, -0.2) is 4.98 Å². The molecule has 154 valence electrons. The van der Waals surface area contributed by atoms with Gasteiger partial charge < -0.3 is 9.30 Å². The summed E-state index contributed by atoms with van der Waals surface area (Å²) >= 11 is 6.76. The maximum absolute atomic E-state index is 5.86. The lowest BCUT2D eigenvalue weighted by Crippen LogP contribution is -2.07. The fourth-order valence-corrected chi connectivity index (χ4v) is 5.05. The van der Waals surface area contributed by atoms with Gasteiger partial charge >= 0.3 is 0 Å². The van der Waals surface area contributed by atoms with Crippen LogP contribution < -0.4 is 4.74 Å². The molecule has 5 nitrogen and oxygen atoms in total. The summed E-state index contributed by atoms with van der Waals surface area (Å²) in [6.07, 6.45) is 0. The molecule has 0 aliphatic rings. The van der Waals surface area contributed by atoms with Gasteiger partial charge in [0.1, 0.15) is 17.4 Å². The first-order valence-corrected chi connectivity index (χ1v) is 12.2. The van der Waals surface area contributed by atoms with Crippen molar-refractivity contribution < 1.29 is 4.74 Å². The van der Waals surface area contributed by atoms with Crippen molar-refractivity contribution in [2.24, 2.45) is 0 Å². The third-order valence-corrected chi connectivity index (χ3v) is 6.93. The molecule has 0 spiro atoms. The second kappa shape index (κ2) is 9.76. The standard InChI is InChI=1S/C22H21BrN4OS2/c1-3-27-20(12-28-19-9-7-17(23)8-10-19)25-26-22(27)30-14-18-13-29-21(24-18)16-6-4-5-15(2)11-16/h4-11,13H,3,12,14H2,1-2H3. The predicted molar refractivity (Wildman–Crippen MR) is 126 cm³/mol. The molecule has 0 N–H and O–H groups in total. The van der Waals surface area contributed by atoms with E-state index in [4.69, 9.17) is 9.72 Å². The highest BCUT2D eigenvalue weighted by molar-refractivity contribution is 9.10. The van der Waals surface area contributed by atoms with Crippen molar-refractivity contribution >= 4 is 39.0 Å². The van der Waals surface area contributed by atoms with Gasteiger partial charge in [0.25, 0.3) is 0 Å². The lowest BCUT2D eigenvalue weighted by Gasteiger charge is -2.08. The van der Waals surface area contributed by atoms with E-state index in [2.05, 4.69) is 74.2 Å². The number of thioether (sulfide) groups is 1. The van der Waals surface area contributed by atoms with E-state index in [1.54, 1.807) is 23.1 Å². The van der Waals surface area contributed by atoms with Gasteiger partial charge in [-0.1, -0.05) is 51.5 Å². The smallest absolute Gasteiger partial charge is 0.191 e. The van der Waals surface area contributed by atoms with Gasteiger partial charge in [0.05, 0.1) is 5.69 Å². The van der Waals surface area contributed by atoms with Crippen LogP contribution in [0, 0.1) is 6.92 Å². The molecule has 0 atom stereocenters. The number of nitrogens with zero attached hydrogens (tertiary/aromatic N) is 4. The number of ether oxygens (including phenoxy) is 1. The Labute approximate surface area is 192 Å². The molecule has 8 heteroatoms. The number of aromatic nitrogens is 4. The minimum absolute atomic E-state index is 0.386. The Kier molecular flexibility index (Phi) is 6.86. The van der Waals surface area contributed by atoms with Crippen molar-refractivity contribution in [1.82, 2.24) is 19.7 Å². The minimum atomic E-state index is 0.386. The summed E-state index contributed by atoms with van der Waals surface area (Å²) in [7, 11) is 0. The third kappa shape index (κ3) is 5.11. The maximum atomic E-state index is 5.86. The lowest BCUT2D eigenvalue weighted by molar-refractivity contribution is 0.288. The van der Waals surface area contributed by atoms with Crippen LogP contribution in [0.15, 0.2) is 63.5 Å². The molecule has 0 bridgehead atoms. The summed E-state index contributed by atoms with van der Waals surface area (Å²) in [6.45, 7) is 5.37. The average molecular weight is 501 g/mol. The van der Waals surface area contributed by atoms with Gasteiger partial charge in [0.2, 0.25) is 0 Å². The fraction of sp³-hybridized carbons (Fsp3) is 0.227. The maximum Gasteiger partial charge on any atom is 0.191 e. The molecule has 0 amide bonds. The molecule has 0 saturated heterocycles. The van der Waals surface area contributed by atoms with Gasteiger partial charge in [-0.2, -0.15) is 0 Å². The first-order valence-electron chi connectivity index (χ1n) is 9.57. The second-order valence-corrected chi connectivity index (χ2v) is 9.40. The van der Waals surface area contributed by atoms with Crippen LogP contribution in [0.1, 0.15) is 24.0 Å². The Morgan fingerprint density at radius 1 is 1.13 bits per heavy atom. The van der Waals surface area contributed by atoms with E-state index in [0.29, 0.717) is 6.61 Å². The Bertz CT molecular complexity index is 1120. The van der Waals surface area contributed by atoms with E-state index in [1.807, 2.05) is 24.3 Å². The molecule has 0 fully saturated rings. The van der Waals surface area contributed by atoms with Crippen LogP contribution in [0.4, 0.5) is 0 Å². The Balaban J connectivity index is 1.40. The summed E-state index contributed by atoms with van der Waals surface area (Å²) in [6, 6.07) is 16.2. The predicted octanol–water partition coefficient (Wildman–Crippen LogP) is 6.36. The monoisotopic (exact) mass is 500 g/mol. The minimum Gasteiger partial charge on any atom is -0.486 e. The number of aryl methyl sites for hydroxylation is 1. The highest BCUT2D eigenvalue weighted by Crippen LogP contribution is 2.28. The van der Waals surface area contributed by atoms with E-state index >= 15 is 0 Å². The molecule has 4 rings (SSSR count). The van der Waals surface area contributed by atoms with Gasteiger partial charge in [-0.05, 0) is 44.2 Å². The molecule has 0 aliphatic heterocycles. The molecule has 0 radical (unpaired) electrons. The molecule has 0 saturated carbocycles. The topological polar surface area (TPSA) is 52.8 Å². The summed E-state index contributed by atoms with van der Waals surface area (Å²) in [5.41, 5.74) is 3.47. The van der Waals surface area contributed by atoms with Gasteiger partial charge in [-0.3, -0.25) is 0 Å². The van der Waals surface area contributed by atoms with Crippen molar-refractivity contribution in [2.75, 3.05) is 0 Å². The van der Waals surface area contributed by atoms with E-state index in [0.717, 1.165) is 44.2 Å². The lowest BCUT2D eigenvalue weighted by atomic mass is 10.1. The van der Waals surface area contributed by atoms with Gasteiger partial charge in [0.15, 0.2) is 11.0 Å². The highest BCUT2D eigenvalue weighted by atomic mass is 79.9. The van der Waals surface area contributed by atoms with Crippen LogP contribution >= 0.6 is 39.0 Å². The summed E-state index contributed by atoms with van der Waals surface area (Å²) in [4.78, 5) is 4.79. The molecule has 4 aromatic rings. The van der Waals surface area contributed by atoms with Crippen LogP contribution in [-0.4, -0.2) is 19.7 Å². The number of rotatable bonds is 8. The Hall–Kier alpha value is -2.16. The van der Waals surface area contributed by atoms with Crippen molar-refractivity contribution in [3.63, 3.8) is 0 Å². The molecule has 30 heavy (non-hydrogen) atoms. The van der Waals surface area contributed by atoms with Crippen molar-refractivity contribution in [3.05, 3.63) is 75.5 Å². The third-order valence-electron chi connectivity index (χ3n) is 4.46. The quantitative estimate of drug-likeness (QED) is 0.263. The van der Waals surface area contributed by atoms with Crippen LogP contribution in [0.3, 0.4) is 0 Å². The SMILES string of the molecule is CCn1c(COc2ccc(Br)cc2)nnc1SCc1csc(-c2cccc(C)c2)n1. The van der Waals surface area contributed by atoms with Crippen molar-refractivity contribution in [2.45, 2.75) is 37.9 Å². The van der Waals surface area contributed by atoms with Crippen LogP contribution in [-0.2, 0) is 18.9 Å². The molecule has 2 aromatic carbocycles. The first-order chi connectivity index (χ1) is 14.6. The van der Waals surface area contributed by atoms with E-state index < -0.39 is 0 Å². The zero-order valence-corrected chi connectivity index (χ0v) is 19.9. The number of hydrogen-bond acceptors (Lipinski definition) is 6. The number of thiazole rings is 1. The van der Waals surface area contributed by atoms with Gasteiger partial charge in [-0.15, -0.1) is 21.5 Å². The van der Waals surface area contributed by atoms with Gasteiger partial charge in [0, 0.05) is 27.7 Å². The molecular formula is C22H21BrN4OS2. The zero-order valence-electron chi connectivity index (χ0n) is 16.7.